The van der Waals surface area contributed by atoms with E-state index in [1.807, 2.05) is 30.3 Å². The molecule has 0 saturated carbocycles. The van der Waals surface area contributed by atoms with Crippen LogP contribution in [-0.4, -0.2) is 46.4 Å². The Bertz CT molecular complexity index is 627. The maximum absolute atomic E-state index is 5.39. The molecule has 0 aliphatic carbocycles. The molecule has 0 radical (unpaired) electrons. The Morgan fingerprint density at radius 3 is 2.56 bits per heavy atom. The lowest BCUT2D eigenvalue weighted by Crippen LogP contribution is -2.39. The van der Waals surface area contributed by atoms with E-state index < -0.39 is 0 Å². The van der Waals surface area contributed by atoms with Gasteiger partial charge in [-0.3, -0.25) is 4.99 Å². The molecule has 0 atom stereocenters. The summed E-state index contributed by atoms with van der Waals surface area (Å²) in [7, 11) is 3.37. The predicted molar refractivity (Wildman–Crippen MR) is 99.3 cm³/mol. The molecule has 6 heteroatoms. The summed E-state index contributed by atoms with van der Waals surface area (Å²) < 4.78 is 15.8. The fourth-order valence-corrected chi connectivity index (χ4v) is 2.41. The molecule has 0 spiro atoms. The summed E-state index contributed by atoms with van der Waals surface area (Å²) >= 11 is 0. The zero-order chi connectivity index (χ0) is 17.7. The van der Waals surface area contributed by atoms with Crippen LogP contribution in [0.1, 0.15) is 11.3 Å². The molecule has 0 saturated heterocycles. The lowest BCUT2D eigenvalue weighted by molar-refractivity contribution is 0.208. The Kier molecular flexibility index (Phi) is 8.41. The van der Waals surface area contributed by atoms with Gasteiger partial charge in [0.25, 0.3) is 0 Å². The Balaban J connectivity index is 1.81. The molecule has 2 aromatic rings. The molecule has 0 aliphatic heterocycles. The van der Waals surface area contributed by atoms with Crippen LogP contribution in [0.4, 0.5) is 0 Å². The minimum Gasteiger partial charge on any atom is -0.496 e. The summed E-state index contributed by atoms with van der Waals surface area (Å²) in [6.45, 7) is 2.72. The first-order chi connectivity index (χ1) is 12.3. The number of guanidine groups is 1. The maximum atomic E-state index is 5.39. The van der Waals surface area contributed by atoms with Crippen LogP contribution >= 0.6 is 0 Å². The first-order valence-corrected chi connectivity index (χ1v) is 8.49. The van der Waals surface area contributed by atoms with Gasteiger partial charge >= 0.3 is 0 Å². The summed E-state index contributed by atoms with van der Waals surface area (Å²) in [4.78, 5) is 4.51. The highest BCUT2D eigenvalue weighted by atomic mass is 16.5. The summed E-state index contributed by atoms with van der Waals surface area (Å²) in [6.07, 6.45) is 3.35. The third-order valence-electron chi connectivity index (χ3n) is 3.69. The van der Waals surface area contributed by atoms with E-state index in [1.54, 1.807) is 20.5 Å². The number of methoxy groups -OCH3 is 2. The Labute approximate surface area is 149 Å². The van der Waals surface area contributed by atoms with Crippen LogP contribution < -0.4 is 15.4 Å². The van der Waals surface area contributed by atoms with E-state index in [-0.39, 0.29) is 0 Å². The van der Waals surface area contributed by atoms with Gasteiger partial charge in [-0.1, -0.05) is 18.2 Å². The SMILES string of the molecule is COCCN=C(NCCc1ccco1)NCCc1ccccc1OC. The first kappa shape index (κ1) is 18.9. The number of benzene rings is 1. The van der Waals surface area contributed by atoms with Gasteiger partial charge in [-0.2, -0.15) is 0 Å². The van der Waals surface area contributed by atoms with Crippen molar-refractivity contribution in [2.75, 3.05) is 40.5 Å². The number of hydrogen-bond acceptors (Lipinski definition) is 4. The molecule has 6 nitrogen and oxygen atoms in total. The number of hydrogen-bond donors (Lipinski definition) is 2. The van der Waals surface area contributed by atoms with Gasteiger partial charge in [0.05, 0.1) is 26.5 Å². The average Bonchev–Trinajstić information content (AvgIpc) is 3.15. The van der Waals surface area contributed by atoms with Crippen molar-refractivity contribution in [1.82, 2.24) is 10.6 Å². The van der Waals surface area contributed by atoms with Crippen molar-refractivity contribution in [3.63, 3.8) is 0 Å². The average molecular weight is 345 g/mol. The van der Waals surface area contributed by atoms with Crippen LogP contribution in [0, 0.1) is 0 Å². The van der Waals surface area contributed by atoms with Gasteiger partial charge in [0.1, 0.15) is 11.5 Å². The van der Waals surface area contributed by atoms with Crippen LogP contribution in [0.2, 0.25) is 0 Å². The van der Waals surface area contributed by atoms with E-state index in [0.29, 0.717) is 13.2 Å². The molecule has 2 N–H and O–H groups in total. The minimum absolute atomic E-state index is 0.595. The summed E-state index contributed by atoms with van der Waals surface area (Å²) in [5.41, 5.74) is 1.17. The predicted octanol–water partition coefficient (Wildman–Crippen LogP) is 2.25. The van der Waals surface area contributed by atoms with Crippen molar-refractivity contribution in [1.29, 1.82) is 0 Å². The van der Waals surface area contributed by atoms with E-state index in [0.717, 1.165) is 43.4 Å². The number of furan rings is 1. The van der Waals surface area contributed by atoms with Crippen LogP contribution in [0.15, 0.2) is 52.1 Å². The zero-order valence-corrected chi connectivity index (χ0v) is 15.0. The van der Waals surface area contributed by atoms with Gasteiger partial charge in [-0.25, -0.2) is 0 Å². The summed E-state index contributed by atoms with van der Waals surface area (Å²) in [5.74, 6) is 2.64. The second-order valence-corrected chi connectivity index (χ2v) is 5.47. The van der Waals surface area contributed by atoms with Crippen molar-refractivity contribution in [2.24, 2.45) is 4.99 Å². The van der Waals surface area contributed by atoms with Gasteiger partial charge in [-0.15, -0.1) is 0 Å². The second kappa shape index (κ2) is 11.1. The number of aliphatic imine (C=N–C) groups is 1. The molecular weight excluding hydrogens is 318 g/mol. The summed E-state index contributed by atoms with van der Waals surface area (Å²) in [5, 5.41) is 6.68. The highest BCUT2D eigenvalue weighted by Crippen LogP contribution is 2.17. The van der Waals surface area contributed by atoms with E-state index >= 15 is 0 Å². The quantitative estimate of drug-likeness (QED) is 0.393. The van der Waals surface area contributed by atoms with Crippen LogP contribution in [-0.2, 0) is 17.6 Å². The van der Waals surface area contributed by atoms with Crippen molar-refractivity contribution >= 4 is 5.96 Å². The zero-order valence-electron chi connectivity index (χ0n) is 15.0. The topological polar surface area (TPSA) is 68.0 Å². The minimum atomic E-state index is 0.595. The van der Waals surface area contributed by atoms with E-state index in [2.05, 4.69) is 21.7 Å². The Hall–Kier alpha value is -2.47. The molecule has 0 fully saturated rings. The number of para-hydroxylation sites is 1. The van der Waals surface area contributed by atoms with Gasteiger partial charge in [0.15, 0.2) is 5.96 Å². The molecule has 1 aromatic heterocycles. The lowest BCUT2D eigenvalue weighted by Gasteiger charge is -2.13. The highest BCUT2D eigenvalue weighted by Gasteiger charge is 2.03. The van der Waals surface area contributed by atoms with E-state index in [9.17, 15) is 0 Å². The van der Waals surface area contributed by atoms with Crippen molar-refractivity contribution < 1.29 is 13.9 Å². The molecule has 2 rings (SSSR count). The summed E-state index contributed by atoms with van der Waals surface area (Å²) in [6, 6.07) is 11.9. The molecule has 0 amide bonds. The number of ether oxygens (including phenoxy) is 2. The van der Waals surface area contributed by atoms with Crippen LogP contribution in [0.5, 0.6) is 5.75 Å². The molecule has 136 valence electrons. The monoisotopic (exact) mass is 345 g/mol. The molecule has 1 aromatic carbocycles. The normalized spacial score (nSPS) is 11.4. The van der Waals surface area contributed by atoms with E-state index in [1.165, 1.54) is 5.56 Å². The number of nitrogens with one attached hydrogen (secondary N) is 2. The van der Waals surface area contributed by atoms with Gasteiger partial charge in [-0.05, 0) is 30.2 Å². The molecule has 0 bridgehead atoms. The van der Waals surface area contributed by atoms with Crippen molar-refractivity contribution in [3.8, 4) is 5.75 Å². The van der Waals surface area contributed by atoms with Gasteiger partial charge < -0.3 is 24.5 Å². The molecule has 0 unspecified atom stereocenters. The van der Waals surface area contributed by atoms with Crippen LogP contribution in [0.3, 0.4) is 0 Å². The van der Waals surface area contributed by atoms with Crippen LogP contribution in [0.25, 0.3) is 0 Å². The highest BCUT2D eigenvalue weighted by molar-refractivity contribution is 5.79. The fraction of sp³-hybridized carbons (Fsp3) is 0.421. The number of rotatable bonds is 10. The van der Waals surface area contributed by atoms with Gasteiger partial charge in [0, 0.05) is 26.6 Å². The van der Waals surface area contributed by atoms with E-state index in [4.69, 9.17) is 13.9 Å². The molecule has 1 heterocycles. The maximum Gasteiger partial charge on any atom is 0.191 e. The Morgan fingerprint density at radius 2 is 1.84 bits per heavy atom. The lowest BCUT2D eigenvalue weighted by atomic mass is 10.1. The first-order valence-electron chi connectivity index (χ1n) is 8.49. The second-order valence-electron chi connectivity index (χ2n) is 5.47. The molecule has 0 aliphatic rings. The number of nitrogens with zero attached hydrogens (tertiary/aromatic N) is 1. The fourth-order valence-electron chi connectivity index (χ4n) is 2.41. The smallest absolute Gasteiger partial charge is 0.191 e. The third-order valence-corrected chi connectivity index (χ3v) is 3.69. The molecular formula is C19H27N3O3. The van der Waals surface area contributed by atoms with Crippen molar-refractivity contribution in [3.05, 3.63) is 54.0 Å². The standard InChI is InChI=1S/C19H27N3O3/c1-23-15-13-22-19(21-12-10-17-7-5-14-25-17)20-11-9-16-6-3-4-8-18(16)24-2/h3-8,14H,9-13,15H2,1-2H3,(H2,20,21,22). The van der Waals surface area contributed by atoms with Gasteiger partial charge in [0.2, 0.25) is 0 Å². The molecule has 25 heavy (non-hydrogen) atoms. The third kappa shape index (κ3) is 6.89. The Morgan fingerprint density at radius 1 is 1.04 bits per heavy atom. The largest absolute Gasteiger partial charge is 0.496 e. The van der Waals surface area contributed by atoms with Crippen molar-refractivity contribution in [2.45, 2.75) is 12.8 Å².